The largest absolute Gasteiger partial charge is 0.379 e. The number of rotatable bonds is 3. The molecule has 1 aliphatic carbocycles. The summed E-state index contributed by atoms with van der Waals surface area (Å²) in [5, 5.41) is 0. The summed E-state index contributed by atoms with van der Waals surface area (Å²) >= 11 is 0. The molecule has 0 spiro atoms. The van der Waals surface area contributed by atoms with Crippen LogP contribution in [0.2, 0.25) is 0 Å². The standard InChI is InChI=1S/C17H33N3O/c1-17(2)5-3-16(18)14(11-17)12-19-6-4-15(13-19)20-7-9-21-10-8-20/h14-16H,3-13,18H2,1-2H3. The van der Waals surface area contributed by atoms with Crippen LogP contribution in [0, 0.1) is 11.3 Å². The van der Waals surface area contributed by atoms with Crippen LogP contribution in [0.15, 0.2) is 0 Å². The maximum Gasteiger partial charge on any atom is 0.0594 e. The van der Waals surface area contributed by atoms with E-state index >= 15 is 0 Å². The van der Waals surface area contributed by atoms with Gasteiger partial charge in [-0.3, -0.25) is 4.90 Å². The van der Waals surface area contributed by atoms with Crippen LogP contribution >= 0.6 is 0 Å². The van der Waals surface area contributed by atoms with E-state index in [2.05, 4.69) is 23.6 Å². The minimum absolute atomic E-state index is 0.417. The van der Waals surface area contributed by atoms with Gasteiger partial charge >= 0.3 is 0 Å². The molecular weight excluding hydrogens is 262 g/mol. The van der Waals surface area contributed by atoms with Crippen LogP contribution in [0.1, 0.15) is 39.5 Å². The van der Waals surface area contributed by atoms with Gasteiger partial charge in [0.15, 0.2) is 0 Å². The van der Waals surface area contributed by atoms with Crippen molar-refractivity contribution in [1.29, 1.82) is 0 Å². The Morgan fingerprint density at radius 2 is 1.90 bits per heavy atom. The molecule has 0 aromatic rings. The van der Waals surface area contributed by atoms with Gasteiger partial charge in [-0.15, -0.1) is 0 Å². The fraction of sp³-hybridized carbons (Fsp3) is 1.00. The molecule has 0 bridgehead atoms. The van der Waals surface area contributed by atoms with Gasteiger partial charge in [-0.2, -0.15) is 0 Å². The third kappa shape index (κ3) is 3.98. The minimum atomic E-state index is 0.417. The molecule has 0 aromatic heterocycles. The molecule has 2 aliphatic heterocycles. The number of nitrogens with two attached hydrogens (primary N) is 1. The van der Waals surface area contributed by atoms with E-state index in [1.807, 2.05) is 0 Å². The van der Waals surface area contributed by atoms with Crippen molar-refractivity contribution < 1.29 is 4.74 Å². The Labute approximate surface area is 130 Å². The number of hydrogen-bond donors (Lipinski definition) is 1. The third-order valence-corrected chi connectivity index (χ3v) is 5.88. The summed E-state index contributed by atoms with van der Waals surface area (Å²) < 4.78 is 5.47. The molecule has 21 heavy (non-hydrogen) atoms. The fourth-order valence-corrected chi connectivity index (χ4v) is 4.51. The van der Waals surface area contributed by atoms with E-state index in [9.17, 15) is 0 Å². The van der Waals surface area contributed by atoms with E-state index in [1.165, 1.54) is 45.3 Å². The highest BCUT2D eigenvalue weighted by Gasteiger charge is 2.36. The average molecular weight is 295 g/mol. The normalized spacial score (nSPS) is 38.7. The smallest absolute Gasteiger partial charge is 0.0594 e. The lowest BCUT2D eigenvalue weighted by molar-refractivity contribution is 0.0177. The van der Waals surface area contributed by atoms with Crippen molar-refractivity contribution in [3.8, 4) is 0 Å². The molecule has 122 valence electrons. The molecule has 4 heteroatoms. The summed E-state index contributed by atoms with van der Waals surface area (Å²) in [7, 11) is 0. The minimum Gasteiger partial charge on any atom is -0.379 e. The fourth-order valence-electron chi connectivity index (χ4n) is 4.51. The van der Waals surface area contributed by atoms with Crippen LogP contribution in [0.25, 0.3) is 0 Å². The quantitative estimate of drug-likeness (QED) is 0.858. The molecule has 3 rings (SSSR count). The first kappa shape index (κ1) is 15.7. The summed E-state index contributed by atoms with van der Waals surface area (Å²) in [6, 6.07) is 1.17. The Bertz CT molecular complexity index is 341. The molecule has 0 radical (unpaired) electrons. The predicted octanol–water partition coefficient (Wildman–Crippen LogP) is 1.55. The first-order valence-electron chi connectivity index (χ1n) is 8.83. The zero-order valence-electron chi connectivity index (χ0n) is 13.9. The van der Waals surface area contributed by atoms with Crippen molar-refractivity contribution in [2.75, 3.05) is 45.9 Å². The summed E-state index contributed by atoms with van der Waals surface area (Å²) in [4.78, 5) is 5.31. The second kappa shape index (κ2) is 6.53. The van der Waals surface area contributed by atoms with Gasteiger partial charge in [0.1, 0.15) is 0 Å². The van der Waals surface area contributed by atoms with Gasteiger partial charge in [0.2, 0.25) is 0 Å². The topological polar surface area (TPSA) is 41.7 Å². The van der Waals surface area contributed by atoms with Crippen LogP contribution in [-0.4, -0.2) is 67.8 Å². The highest BCUT2D eigenvalue weighted by atomic mass is 16.5. The molecule has 2 heterocycles. The van der Waals surface area contributed by atoms with E-state index < -0.39 is 0 Å². The van der Waals surface area contributed by atoms with Crippen LogP contribution < -0.4 is 5.73 Å². The van der Waals surface area contributed by atoms with Gasteiger partial charge in [0.25, 0.3) is 0 Å². The monoisotopic (exact) mass is 295 g/mol. The predicted molar refractivity (Wildman–Crippen MR) is 86.3 cm³/mol. The maximum atomic E-state index is 6.40. The molecule has 2 saturated heterocycles. The molecular formula is C17H33N3O. The summed E-state index contributed by atoms with van der Waals surface area (Å²) in [6.45, 7) is 12.6. The van der Waals surface area contributed by atoms with Crippen molar-refractivity contribution in [2.24, 2.45) is 17.1 Å². The summed E-state index contributed by atoms with van der Waals surface area (Å²) in [5.41, 5.74) is 6.89. The number of morpholine rings is 1. The van der Waals surface area contributed by atoms with Gasteiger partial charge in [0, 0.05) is 38.3 Å². The molecule has 0 aromatic carbocycles. The molecule has 3 fully saturated rings. The van der Waals surface area contributed by atoms with Gasteiger partial charge < -0.3 is 15.4 Å². The highest BCUT2D eigenvalue weighted by molar-refractivity contribution is 4.91. The zero-order chi connectivity index (χ0) is 14.9. The van der Waals surface area contributed by atoms with Gasteiger partial charge in [-0.25, -0.2) is 0 Å². The number of likely N-dealkylation sites (tertiary alicyclic amines) is 1. The van der Waals surface area contributed by atoms with E-state index in [-0.39, 0.29) is 0 Å². The van der Waals surface area contributed by atoms with Gasteiger partial charge in [-0.05, 0) is 43.6 Å². The summed E-state index contributed by atoms with van der Waals surface area (Å²) in [5.74, 6) is 0.692. The van der Waals surface area contributed by atoms with Crippen LogP contribution in [0.4, 0.5) is 0 Å². The SMILES string of the molecule is CC1(C)CCC(N)C(CN2CCC(N3CCOCC3)C2)C1. The van der Waals surface area contributed by atoms with Crippen molar-refractivity contribution >= 4 is 0 Å². The molecule has 1 saturated carbocycles. The van der Waals surface area contributed by atoms with Crippen LogP contribution in [0.3, 0.4) is 0 Å². The molecule has 3 unspecified atom stereocenters. The highest BCUT2D eigenvalue weighted by Crippen LogP contribution is 2.38. The van der Waals surface area contributed by atoms with Crippen molar-refractivity contribution in [3.63, 3.8) is 0 Å². The van der Waals surface area contributed by atoms with Crippen LogP contribution in [0.5, 0.6) is 0 Å². The third-order valence-electron chi connectivity index (χ3n) is 5.88. The molecule has 3 aliphatic rings. The Balaban J connectivity index is 1.49. The second-order valence-electron chi connectivity index (χ2n) is 8.18. The number of ether oxygens (including phenoxy) is 1. The first-order valence-corrected chi connectivity index (χ1v) is 8.83. The molecule has 4 nitrogen and oxygen atoms in total. The second-order valence-corrected chi connectivity index (χ2v) is 8.18. The van der Waals surface area contributed by atoms with Crippen molar-refractivity contribution in [1.82, 2.24) is 9.80 Å². The van der Waals surface area contributed by atoms with E-state index in [1.54, 1.807) is 0 Å². The van der Waals surface area contributed by atoms with E-state index in [0.29, 0.717) is 17.4 Å². The molecule has 0 amide bonds. The van der Waals surface area contributed by atoms with Crippen molar-refractivity contribution in [3.05, 3.63) is 0 Å². The molecule has 2 N–H and O–H groups in total. The van der Waals surface area contributed by atoms with Gasteiger partial charge in [0.05, 0.1) is 13.2 Å². The van der Waals surface area contributed by atoms with E-state index in [4.69, 9.17) is 10.5 Å². The first-order chi connectivity index (χ1) is 10.0. The number of hydrogen-bond acceptors (Lipinski definition) is 4. The Kier molecular flexibility index (Phi) is 4.89. The lowest BCUT2D eigenvalue weighted by Crippen LogP contribution is -2.47. The summed E-state index contributed by atoms with van der Waals surface area (Å²) in [6.07, 6.45) is 5.12. The Hall–Kier alpha value is -0.160. The Morgan fingerprint density at radius 1 is 1.14 bits per heavy atom. The zero-order valence-corrected chi connectivity index (χ0v) is 13.9. The van der Waals surface area contributed by atoms with Crippen molar-refractivity contribution in [2.45, 2.75) is 51.6 Å². The van der Waals surface area contributed by atoms with Crippen LogP contribution in [-0.2, 0) is 4.74 Å². The average Bonchev–Trinajstić information content (AvgIpc) is 2.92. The Morgan fingerprint density at radius 3 is 2.67 bits per heavy atom. The van der Waals surface area contributed by atoms with E-state index in [0.717, 1.165) is 32.3 Å². The molecule has 3 atom stereocenters. The van der Waals surface area contributed by atoms with Gasteiger partial charge in [-0.1, -0.05) is 13.8 Å². The maximum absolute atomic E-state index is 6.40. The lowest BCUT2D eigenvalue weighted by atomic mass is 9.70. The lowest BCUT2D eigenvalue weighted by Gasteiger charge is -2.41. The number of nitrogens with zero attached hydrogens (tertiary/aromatic N) is 2.